The highest BCUT2D eigenvalue weighted by atomic mass is 32.2. The molecule has 0 radical (unpaired) electrons. The maximum Gasteiger partial charge on any atom is 0.234 e. The van der Waals surface area contributed by atoms with Crippen molar-refractivity contribution in [2.24, 2.45) is 4.99 Å². The molecule has 0 saturated carbocycles. The molecule has 1 amide bonds. The molecule has 1 atom stereocenters. The minimum absolute atomic E-state index is 0.125. The third-order valence-electron chi connectivity index (χ3n) is 3.51. The first kappa shape index (κ1) is 11.7. The normalized spacial score (nSPS) is 20.4. The highest BCUT2D eigenvalue weighted by Gasteiger charge is 2.40. The summed E-state index contributed by atoms with van der Waals surface area (Å²) in [6, 6.07) is 17.8. The molecule has 4 rings (SSSR count). The predicted molar refractivity (Wildman–Crippen MR) is 81.7 cm³/mol. The number of anilines is 1. The van der Waals surface area contributed by atoms with Gasteiger partial charge in [0.25, 0.3) is 0 Å². The van der Waals surface area contributed by atoms with E-state index in [9.17, 15) is 4.79 Å². The summed E-state index contributed by atoms with van der Waals surface area (Å²) in [6.45, 7) is 0. The monoisotopic (exact) mass is 280 g/mol. The van der Waals surface area contributed by atoms with Crippen LogP contribution in [0, 0.1) is 0 Å². The fraction of sp³-hybridized carbons (Fsp3) is 0.125. The van der Waals surface area contributed by atoms with Crippen LogP contribution in [0.3, 0.4) is 0 Å². The van der Waals surface area contributed by atoms with Crippen molar-refractivity contribution in [1.29, 1.82) is 0 Å². The second kappa shape index (κ2) is 4.49. The van der Waals surface area contributed by atoms with Gasteiger partial charge in [0, 0.05) is 11.3 Å². The zero-order valence-corrected chi connectivity index (χ0v) is 11.5. The summed E-state index contributed by atoms with van der Waals surface area (Å²) in [5.41, 5.74) is 1.86. The van der Waals surface area contributed by atoms with Crippen molar-refractivity contribution in [3.05, 3.63) is 54.6 Å². The summed E-state index contributed by atoms with van der Waals surface area (Å²) >= 11 is 1.74. The number of thioether (sulfide) groups is 1. The van der Waals surface area contributed by atoms with Crippen LogP contribution in [-0.4, -0.2) is 17.0 Å². The lowest BCUT2D eigenvalue weighted by Gasteiger charge is -2.23. The zero-order chi connectivity index (χ0) is 13.5. The van der Waals surface area contributed by atoms with Crippen LogP contribution in [0.4, 0.5) is 11.4 Å². The second-order valence-corrected chi connectivity index (χ2v) is 6.06. The molecule has 2 aromatic carbocycles. The smallest absolute Gasteiger partial charge is 0.234 e. The first-order valence-corrected chi connectivity index (χ1v) is 7.43. The van der Waals surface area contributed by atoms with E-state index < -0.39 is 0 Å². The van der Waals surface area contributed by atoms with Crippen molar-refractivity contribution in [3.63, 3.8) is 0 Å². The van der Waals surface area contributed by atoms with Crippen molar-refractivity contribution in [1.82, 2.24) is 0 Å². The molecule has 0 aliphatic carbocycles. The number of hydrogen-bond donors (Lipinski definition) is 0. The number of para-hydroxylation sites is 2. The van der Waals surface area contributed by atoms with Crippen LogP contribution in [0.25, 0.3) is 0 Å². The largest absolute Gasteiger partial charge is 0.274 e. The van der Waals surface area contributed by atoms with Gasteiger partial charge in [-0.15, -0.1) is 11.8 Å². The van der Waals surface area contributed by atoms with Crippen LogP contribution in [-0.2, 0) is 4.79 Å². The molecular formula is C16H12N2OS. The van der Waals surface area contributed by atoms with Crippen molar-refractivity contribution in [3.8, 4) is 0 Å². The topological polar surface area (TPSA) is 32.7 Å². The first-order valence-electron chi connectivity index (χ1n) is 6.55. The lowest BCUT2D eigenvalue weighted by atomic mass is 10.3. The van der Waals surface area contributed by atoms with E-state index >= 15 is 0 Å². The molecule has 0 unspecified atom stereocenters. The fourth-order valence-corrected chi connectivity index (χ4v) is 3.80. The lowest BCUT2D eigenvalue weighted by Crippen LogP contribution is -2.32. The molecule has 0 aromatic heterocycles. The third kappa shape index (κ3) is 1.76. The number of fused-ring (bicyclic) bond motifs is 2. The van der Waals surface area contributed by atoms with Crippen LogP contribution in [0.5, 0.6) is 0 Å². The molecule has 1 fully saturated rings. The molecule has 2 aliphatic heterocycles. The van der Waals surface area contributed by atoms with Crippen molar-refractivity contribution in [2.45, 2.75) is 16.6 Å². The Kier molecular flexibility index (Phi) is 2.63. The molecule has 3 nitrogen and oxygen atoms in total. The first-order chi connectivity index (χ1) is 9.83. The lowest BCUT2D eigenvalue weighted by molar-refractivity contribution is -0.116. The minimum Gasteiger partial charge on any atom is -0.274 e. The number of hydrogen-bond acceptors (Lipinski definition) is 3. The van der Waals surface area contributed by atoms with Gasteiger partial charge in [-0.25, -0.2) is 4.99 Å². The van der Waals surface area contributed by atoms with Crippen LogP contribution in [0.1, 0.15) is 6.42 Å². The fourth-order valence-electron chi connectivity index (χ4n) is 2.61. The molecule has 0 N–H and O–H groups in total. The Morgan fingerprint density at radius 3 is 2.65 bits per heavy atom. The molecule has 0 spiro atoms. The Morgan fingerprint density at radius 2 is 1.80 bits per heavy atom. The molecule has 20 heavy (non-hydrogen) atoms. The number of aliphatic imine (C=N–C) groups is 1. The molecule has 2 aliphatic rings. The Hall–Kier alpha value is -2.07. The van der Waals surface area contributed by atoms with E-state index in [0.29, 0.717) is 6.42 Å². The third-order valence-corrected chi connectivity index (χ3v) is 4.77. The number of nitrogens with zero attached hydrogens (tertiary/aromatic N) is 2. The maximum atomic E-state index is 12.3. The van der Waals surface area contributed by atoms with Crippen molar-refractivity contribution < 1.29 is 4.79 Å². The van der Waals surface area contributed by atoms with Gasteiger partial charge in [0.05, 0.1) is 16.6 Å². The van der Waals surface area contributed by atoms with E-state index in [1.54, 1.807) is 16.7 Å². The highest BCUT2D eigenvalue weighted by Crippen LogP contribution is 2.43. The Balaban J connectivity index is 1.82. The van der Waals surface area contributed by atoms with Gasteiger partial charge in [0.15, 0.2) is 0 Å². The van der Waals surface area contributed by atoms with Crippen LogP contribution in [0.2, 0.25) is 0 Å². The van der Waals surface area contributed by atoms with E-state index in [2.05, 4.69) is 6.07 Å². The zero-order valence-electron chi connectivity index (χ0n) is 10.7. The Morgan fingerprint density at radius 1 is 1.05 bits per heavy atom. The van der Waals surface area contributed by atoms with Gasteiger partial charge in [-0.1, -0.05) is 30.3 Å². The summed E-state index contributed by atoms with van der Waals surface area (Å²) in [6.07, 6.45) is 0.521. The number of rotatable bonds is 1. The van der Waals surface area contributed by atoms with E-state index in [1.807, 2.05) is 48.5 Å². The van der Waals surface area contributed by atoms with Crippen LogP contribution >= 0.6 is 11.8 Å². The van der Waals surface area contributed by atoms with Gasteiger partial charge in [-0.3, -0.25) is 9.69 Å². The summed E-state index contributed by atoms with van der Waals surface area (Å²) < 4.78 is 0. The molecule has 98 valence electrons. The number of benzene rings is 2. The molecular weight excluding hydrogens is 268 g/mol. The Bertz CT molecular complexity index is 711. The standard InChI is InChI=1S/C16H12N2OS/c19-15-10-14-16(18(15)11-6-2-1-3-7-11)17-12-8-4-5-9-13(12)20-14/h1-9,14H,10H2/t14-/m1/s1. The number of amidine groups is 1. The van der Waals surface area contributed by atoms with Gasteiger partial charge >= 0.3 is 0 Å². The van der Waals surface area contributed by atoms with Crippen molar-refractivity contribution in [2.75, 3.05) is 4.90 Å². The average Bonchev–Trinajstić information content (AvgIpc) is 2.80. The SMILES string of the molecule is O=C1C[C@H]2Sc3ccccc3N=C2N1c1ccccc1. The van der Waals surface area contributed by atoms with Crippen LogP contribution in [0.15, 0.2) is 64.5 Å². The van der Waals surface area contributed by atoms with Gasteiger partial charge in [0.1, 0.15) is 5.84 Å². The van der Waals surface area contributed by atoms with E-state index in [1.165, 1.54) is 0 Å². The minimum atomic E-state index is 0.125. The van der Waals surface area contributed by atoms with Gasteiger partial charge in [-0.2, -0.15) is 0 Å². The molecule has 2 aromatic rings. The number of amides is 1. The van der Waals surface area contributed by atoms with E-state index in [-0.39, 0.29) is 11.2 Å². The predicted octanol–water partition coefficient (Wildman–Crippen LogP) is 3.63. The van der Waals surface area contributed by atoms with Gasteiger partial charge in [-0.05, 0) is 24.3 Å². The summed E-state index contributed by atoms with van der Waals surface area (Å²) in [7, 11) is 0. The number of carbonyl (C=O) groups excluding carboxylic acids is 1. The molecule has 0 bridgehead atoms. The quantitative estimate of drug-likeness (QED) is 0.799. The van der Waals surface area contributed by atoms with Gasteiger partial charge < -0.3 is 0 Å². The molecule has 2 heterocycles. The maximum absolute atomic E-state index is 12.3. The summed E-state index contributed by atoms with van der Waals surface area (Å²) in [5, 5.41) is 0.137. The summed E-state index contributed by atoms with van der Waals surface area (Å²) in [4.78, 5) is 20.0. The molecule has 1 saturated heterocycles. The molecule has 4 heteroatoms. The highest BCUT2D eigenvalue weighted by molar-refractivity contribution is 8.01. The van der Waals surface area contributed by atoms with E-state index in [0.717, 1.165) is 22.1 Å². The van der Waals surface area contributed by atoms with Crippen LogP contribution < -0.4 is 4.90 Å². The average molecular weight is 280 g/mol. The van der Waals surface area contributed by atoms with E-state index in [4.69, 9.17) is 4.99 Å². The Labute approximate surface area is 121 Å². The summed E-state index contributed by atoms with van der Waals surface area (Å²) in [5.74, 6) is 0.991. The van der Waals surface area contributed by atoms with Gasteiger partial charge in [0.2, 0.25) is 5.91 Å². The van der Waals surface area contributed by atoms with Crippen molar-refractivity contribution >= 4 is 34.9 Å². The second-order valence-electron chi connectivity index (χ2n) is 4.81. The number of carbonyl (C=O) groups is 1.